The Labute approximate surface area is 143 Å². The van der Waals surface area contributed by atoms with Crippen LogP contribution in [0.5, 0.6) is 0 Å². The van der Waals surface area contributed by atoms with Crippen LogP contribution in [0.3, 0.4) is 0 Å². The molecule has 0 bridgehead atoms. The van der Waals surface area contributed by atoms with E-state index in [1.165, 1.54) is 0 Å². The lowest BCUT2D eigenvalue weighted by atomic mass is 10.2. The van der Waals surface area contributed by atoms with Crippen molar-refractivity contribution >= 4 is 16.6 Å². The zero-order valence-corrected chi connectivity index (χ0v) is 14.1. The lowest BCUT2D eigenvalue weighted by molar-refractivity contribution is -0.583. The van der Waals surface area contributed by atoms with Crippen molar-refractivity contribution in [2.45, 2.75) is 19.8 Å². The second kappa shape index (κ2) is 5.82. The molecule has 8 heteroatoms. The highest BCUT2D eigenvalue weighted by Crippen LogP contribution is 2.27. The van der Waals surface area contributed by atoms with E-state index in [-0.39, 0.29) is 5.92 Å². The van der Waals surface area contributed by atoms with Gasteiger partial charge in [-0.15, -0.1) is 0 Å². The first kappa shape index (κ1) is 15.5. The summed E-state index contributed by atoms with van der Waals surface area (Å²) in [6, 6.07) is 7.38. The smallest absolute Gasteiger partial charge is 0.279 e. The molecule has 4 aromatic rings. The first-order valence-corrected chi connectivity index (χ1v) is 7.92. The fraction of sp³-hybridized carbons (Fsp3) is 0.294. The van der Waals surface area contributed by atoms with Crippen LogP contribution in [0, 0.1) is 12.1 Å². The van der Waals surface area contributed by atoms with E-state index in [0.29, 0.717) is 40.7 Å². The minimum Gasteiger partial charge on any atom is -0.618 e. The summed E-state index contributed by atoms with van der Waals surface area (Å²) in [7, 11) is 1.63. The number of nitrogens with zero attached hydrogens (tertiary/aromatic N) is 5. The highest BCUT2D eigenvalue weighted by Gasteiger charge is 2.24. The molecule has 3 aromatic heterocycles. The Balaban J connectivity index is 1.92. The molecule has 1 atom stereocenters. The quantitative estimate of drug-likeness (QED) is 0.418. The van der Waals surface area contributed by atoms with Gasteiger partial charge in [0.05, 0.1) is 6.61 Å². The Bertz CT molecular complexity index is 1070. The van der Waals surface area contributed by atoms with E-state index in [1.54, 1.807) is 26.4 Å². The molecule has 8 nitrogen and oxygen atoms in total. The standard InChI is InChI=1S/C17H17N5O3/c1-10(8-24-3)16-19-17(25-20-16)14-15-11(2)22(23)13-7-5-4-6-12(13)21(15)9-18-14/h4-7,9-10H,8H2,1-3H3. The molecule has 0 aliphatic rings. The van der Waals surface area contributed by atoms with Gasteiger partial charge in [0, 0.05) is 26.0 Å². The molecule has 1 aromatic carbocycles. The summed E-state index contributed by atoms with van der Waals surface area (Å²) in [4.78, 5) is 8.85. The highest BCUT2D eigenvalue weighted by molar-refractivity contribution is 5.82. The van der Waals surface area contributed by atoms with Crippen molar-refractivity contribution < 1.29 is 14.0 Å². The van der Waals surface area contributed by atoms with Crippen molar-refractivity contribution in [3.63, 3.8) is 0 Å². The number of benzene rings is 1. The predicted molar refractivity (Wildman–Crippen MR) is 90.0 cm³/mol. The fourth-order valence-corrected chi connectivity index (χ4v) is 3.01. The maximum atomic E-state index is 12.6. The van der Waals surface area contributed by atoms with Gasteiger partial charge >= 0.3 is 0 Å². The largest absolute Gasteiger partial charge is 0.618 e. The van der Waals surface area contributed by atoms with E-state index < -0.39 is 0 Å². The molecular weight excluding hydrogens is 322 g/mol. The van der Waals surface area contributed by atoms with Gasteiger partial charge in [0.1, 0.15) is 17.4 Å². The molecule has 0 radical (unpaired) electrons. The summed E-state index contributed by atoms with van der Waals surface area (Å²) in [6.45, 7) is 4.20. The molecule has 0 saturated carbocycles. The number of aryl methyl sites for hydroxylation is 1. The number of rotatable bonds is 4. The number of imidazole rings is 1. The molecular formula is C17H17N5O3. The van der Waals surface area contributed by atoms with Gasteiger partial charge in [-0.2, -0.15) is 9.71 Å². The number of methoxy groups -OCH3 is 1. The normalized spacial score (nSPS) is 12.9. The molecule has 0 amide bonds. The molecule has 1 unspecified atom stereocenters. The van der Waals surface area contributed by atoms with Crippen LogP contribution < -0.4 is 4.73 Å². The molecule has 25 heavy (non-hydrogen) atoms. The van der Waals surface area contributed by atoms with Crippen LogP contribution in [0.2, 0.25) is 0 Å². The maximum Gasteiger partial charge on any atom is 0.279 e. The van der Waals surface area contributed by atoms with Crippen LogP contribution in [0.4, 0.5) is 0 Å². The number of hydrogen-bond donors (Lipinski definition) is 0. The molecule has 0 spiro atoms. The Morgan fingerprint density at radius 2 is 2.16 bits per heavy atom. The summed E-state index contributed by atoms with van der Waals surface area (Å²) in [6.07, 6.45) is 1.67. The van der Waals surface area contributed by atoms with Crippen molar-refractivity contribution in [1.29, 1.82) is 0 Å². The first-order chi connectivity index (χ1) is 12.1. The fourth-order valence-electron chi connectivity index (χ4n) is 3.01. The number of ether oxygens (including phenoxy) is 1. The van der Waals surface area contributed by atoms with Crippen molar-refractivity contribution in [3.05, 3.63) is 47.3 Å². The topological polar surface area (TPSA) is 92.4 Å². The van der Waals surface area contributed by atoms with Gasteiger partial charge in [-0.3, -0.25) is 4.40 Å². The van der Waals surface area contributed by atoms with Gasteiger partial charge in [0.2, 0.25) is 11.2 Å². The van der Waals surface area contributed by atoms with E-state index in [2.05, 4.69) is 15.1 Å². The van der Waals surface area contributed by atoms with Crippen LogP contribution in [-0.4, -0.2) is 33.2 Å². The average molecular weight is 339 g/mol. The monoisotopic (exact) mass is 339 g/mol. The van der Waals surface area contributed by atoms with Crippen LogP contribution in [0.1, 0.15) is 24.4 Å². The third kappa shape index (κ3) is 2.33. The van der Waals surface area contributed by atoms with Crippen molar-refractivity contribution in [3.8, 4) is 11.6 Å². The Morgan fingerprint density at radius 1 is 1.36 bits per heavy atom. The second-order valence-electron chi connectivity index (χ2n) is 5.99. The summed E-state index contributed by atoms with van der Waals surface area (Å²) >= 11 is 0. The maximum absolute atomic E-state index is 12.6. The van der Waals surface area contributed by atoms with Gasteiger partial charge in [0.25, 0.3) is 5.89 Å². The van der Waals surface area contributed by atoms with E-state index in [9.17, 15) is 5.21 Å². The molecule has 0 saturated heterocycles. The third-order valence-electron chi connectivity index (χ3n) is 4.28. The van der Waals surface area contributed by atoms with E-state index >= 15 is 0 Å². The predicted octanol–water partition coefficient (Wildman–Crippen LogP) is 2.23. The van der Waals surface area contributed by atoms with E-state index in [1.807, 2.05) is 29.5 Å². The van der Waals surface area contributed by atoms with Gasteiger partial charge in [0.15, 0.2) is 11.5 Å². The molecule has 4 rings (SSSR count). The molecule has 3 heterocycles. The number of hydrogen-bond acceptors (Lipinski definition) is 6. The summed E-state index contributed by atoms with van der Waals surface area (Å²) in [5, 5.41) is 16.6. The molecule has 0 fully saturated rings. The van der Waals surface area contributed by atoms with Crippen LogP contribution in [0.25, 0.3) is 28.1 Å². The highest BCUT2D eigenvalue weighted by atomic mass is 16.5. The number of fused-ring (bicyclic) bond motifs is 3. The number of para-hydroxylation sites is 2. The minimum atomic E-state index is 0.00255. The van der Waals surface area contributed by atoms with Gasteiger partial charge < -0.3 is 14.5 Å². The van der Waals surface area contributed by atoms with Crippen LogP contribution >= 0.6 is 0 Å². The summed E-state index contributed by atoms with van der Waals surface area (Å²) in [5.74, 6) is 0.841. The Kier molecular flexibility index (Phi) is 3.61. The Hall–Kier alpha value is -3.00. The summed E-state index contributed by atoms with van der Waals surface area (Å²) in [5.41, 5.74) is 3.02. The minimum absolute atomic E-state index is 0.00255. The van der Waals surface area contributed by atoms with Crippen molar-refractivity contribution in [2.24, 2.45) is 0 Å². The number of aromatic nitrogens is 5. The third-order valence-corrected chi connectivity index (χ3v) is 4.28. The van der Waals surface area contributed by atoms with E-state index in [4.69, 9.17) is 9.26 Å². The molecule has 0 aliphatic carbocycles. The second-order valence-corrected chi connectivity index (χ2v) is 5.99. The zero-order chi connectivity index (χ0) is 17.6. The van der Waals surface area contributed by atoms with Crippen molar-refractivity contribution in [1.82, 2.24) is 19.5 Å². The van der Waals surface area contributed by atoms with Crippen molar-refractivity contribution in [2.75, 3.05) is 13.7 Å². The Morgan fingerprint density at radius 3 is 2.96 bits per heavy atom. The van der Waals surface area contributed by atoms with Crippen LogP contribution in [-0.2, 0) is 4.74 Å². The molecule has 128 valence electrons. The first-order valence-electron chi connectivity index (χ1n) is 7.92. The van der Waals surface area contributed by atoms with Gasteiger partial charge in [-0.1, -0.05) is 24.2 Å². The lowest BCUT2D eigenvalue weighted by Gasteiger charge is -2.08. The average Bonchev–Trinajstić information content (AvgIpc) is 3.27. The zero-order valence-electron chi connectivity index (χ0n) is 14.1. The van der Waals surface area contributed by atoms with Crippen LogP contribution in [0.15, 0.2) is 35.1 Å². The molecule has 0 aliphatic heterocycles. The van der Waals surface area contributed by atoms with E-state index in [0.717, 1.165) is 10.2 Å². The summed E-state index contributed by atoms with van der Waals surface area (Å²) < 4.78 is 13.3. The SMILES string of the molecule is COCC(C)c1noc(-c2ncn3c2c(C)[n+]([O-])c2ccccc23)n1. The van der Waals surface area contributed by atoms with Gasteiger partial charge in [-0.25, -0.2) is 4.98 Å². The molecule has 0 N–H and O–H groups in total. The lowest BCUT2D eigenvalue weighted by Crippen LogP contribution is -2.32. The van der Waals surface area contributed by atoms with Gasteiger partial charge in [-0.05, 0) is 6.07 Å².